The number of hydrogen-bond acceptors (Lipinski definition) is 14. The van der Waals surface area contributed by atoms with Crippen LogP contribution in [0.15, 0.2) is 170 Å². The first-order valence-electron chi connectivity index (χ1n) is 32.9. The van der Waals surface area contributed by atoms with Gasteiger partial charge < -0.3 is 29.9 Å². The Morgan fingerprint density at radius 2 is 0.470 bits per heavy atom. The quantitative estimate of drug-likeness (QED) is 0.103. The normalized spacial score (nSPS) is 15.0. The summed E-state index contributed by atoms with van der Waals surface area (Å²) >= 11 is 0. The highest BCUT2D eigenvalue weighted by Crippen LogP contribution is 2.44. The highest BCUT2D eigenvalue weighted by Gasteiger charge is 2.44. The van der Waals surface area contributed by atoms with Crippen LogP contribution in [0.1, 0.15) is 161 Å². The second-order valence-electron chi connectivity index (χ2n) is 29.0. The van der Waals surface area contributed by atoms with Crippen molar-refractivity contribution in [1.29, 1.82) is 0 Å². The molecular weight excluding hydrogens is 1260 g/mol. The van der Waals surface area contributed by atoms with Crippen LogP contribution in [0.2, 0.25) is 0 Å². The van der Waals surface area contributed by atoms with E-state index in [1.807, 2.05) is 128 Å². The molecule has 0 atom stereocenters. The van der Waals surface area contributed by atoms with Crippen molar-refractivity contribution < 1.29 is 38.4 Å². The molecule has 0 spiro atoms. The smallest absolute Gasteiger partial charge is 0.261 e. The van der Waals surface area contributed by atoms with E-state index >= 15 is 0 Å². The summed E-state index contributed by atoms with van der Waals surface area (Å²) in [7, 11) is 0. The molecular formula is C80H60N12O8-2. The van der Waals surface area contributed by atoms with Crippen molar-refractivity contribution >= 4 is 91.4 Å². The van der Waals surface area contributed by atoms with Crippen LogP contribution in [0.25, 0.3) is 89.7 Å². The first kappa shape index (κ1) is 61.3. The zero-order valence-electron chi connectivity index (χ0n) is 55.6. The number of benzene rings is 8. The van der Waals surface area contributed by atoms with Gasteiger partial charge in [-0.25, -0.2) is 9.97 Å². The Labute approximate surface area is 571 Å². The van der Waals surface area contributed by atoms with E-state index in [-0.39, 0.29) is 119 Å². The number of imide groups is 4. The molecule has 8 amide bonds. The van der Waals surface area contributed by atoms with Gasteiger partial charge in [-0.1, -0.05) is 152 Å². The van der Waals surface area contributed by atoms with Gasteiger partial charge in [-0.2, -0.15) is 0 Å². The van der Waals surface area contributed by atoms with Crippen molar-refractivity contribution in [3.8, 4) is 45.6 Å². The number of fused-ring (bicyclic) bond motifs is 24. The molecule has 17 rings (SSSR count). The van der Waals surface area contributed by atoms with E-state index in [0.717, 1.165) is 22.3 Å². The van der Waals surface area contributed by atoms with Crippen molar-refractivity contribution in [3.63, 3.8) is 0 Å². The second kappa shape index (κ2) is 21.6. The van der Waals surface area contributed by atoms with E-state index < -0.39 is 21.7 Å². The van der Waals surface area contributed by atoms with Crippen LogP contribution in [0, 0.1) is 0 Å². The van der Waals surface area contributed by atoms with Crippen molar-refractivity contribution in [3.05, 3.63) is 237 Å². The molecule has 20 nitrogen and oxygen atoms in total. The van der Waals surface area contributed by atoms with Crippen LogP contribution in [0.3, 0.4) is 0 Å². The molecule has 0 unspecified atom stereocenters. The van der Waals surface area contributed by atoms with Gasteiger partial charge in [0, 0.05) is 92.7 Å². The highest BCUT2D eigenvalue weighted by atomic mass is 16.2. The zero-order chi connectivity index (χ0) is 69.4. The Hall–Kier alpha value is -12.3. The third kappa shape index (κ3) is 9.40. The van der Waals surface area contributed by atoms with E-state index in [0.29, 0.717) is 88.3 Å². The molecule has 20 heteroatoms. The van der Waals surface area contributed by atoms with E-state index in [1.54, 1.807) is 97.1 Å². The number of amides is 8. The third-order valence-corrected chi connectivity index (χ3v) is 20.6. The average Bonchev–Trinajstić information content (AvgIpc) is 1.58. The number of hydrogen-bond donors (Lipinski definition) is 0. The molecule has 6 aliphatic heterocycles. The van der Waals surface area contributed by atoms with E-state index in [9.17, 15) is 38.4 Å². The van der Waals surface area contributed by atoms with Crippen LogP contribution in [0.5, 0.6) is 0 Å². The minimum atomic E-state index is -0.824. The summed E-state index contributed by atoms with van der Waals surface area (Å²) in [5.74, 6) is -2.05. The summed E-state index contributed by atoms with van der Waals surface area (Å²) in [5.41, 5.74) is 5.81. The van der Waals surface area contributed by atoms with Gasteiger partial charge in [0.05, 0.1) is 67.8 Å². The zero-order valence-corrected chi connectivity index (χ0v) is 55.6. The first-order chi connectivity index (χ1) is 47.8. The van der Waals surface area contributed by atoms with Crippen LogP contribution in [-0.2, 0) is 21.7 Å². The summed E-state index contributed by atoms with van der Waals surface area (Å²) in [6.07, 6.45) is 0. The van der Waals surface area contributed by atoms with Gasteiger partial charge in [-0.3, -0.25) is 58.0 Å². The van der Waals surface area contributed by atoms with Crippen molar-refractivity contribution in [1.82, 2.24) is 59.5 Å². The van der Waals surface area contributed by atoms with E-state index in [1.165, 1.54) is 19.6 Å². The Morgan fingerprint density at radius 3 is 0.730 bits per heavy atom. The maximum absolute atomic E-state index is 13.9. The van der Waals surface area contributed by atoms with Gasteiger partial charge >= 0.3 is 0 Å². The lowest BCUT2D eigenvalue weighted by Crippen LogP contribution is -2.40. The number of carbonyl (C=O) groups excluding carboxylic acids is 8. The van der Waals surface area contributed by atoms with E-state index in [4.69, 9.17) is 39.9 Å². The minimum Gasteiger partial charge on any atom is -0.357 e. The predicted octanol–water partition coefficient (Wildman–Crippen LogP) is 12.4. The van der Waals surface area contributed by atoms with Crippen LogP contribution < -0.4 is 9.97 Å². The minimum absolute atomic E-state index is 0.0522. The molecule has 0 fully saturated rings. The monoisotopic (exact) mass is 1320 g/mol. The van der Waals surface area contributed by atoms with Gasteiger partial charge in [0.2, 0.25) is 0 Å². The molecule has 11 aromatic rings. The summed E-state index contributed by atoms with van der Waals surface area (Å²) in [5, 5.41) is 2.31. The van der Waals surface area contributed by atoms with Crippen molar-refractivity contribution in [2.75, 3.05) is 26.2 Å². The molecule has 6 aliphatic rings. The summed E-state index contributed by atoms with van der Waals surface area (Å²) in [4.78, 5) is 159. The molecule has 490 valence electrons. The van der Waals surface area contributed by atoms with Gasteiger partial charge in [0.1, 0.15) is 0 Å². The Kier molecular flexibility index (Phi) is 13.2. The molecule has 9 heterocycles. The summed E-state index contributed by atoms with van der Waals surface area (Å²) < 4.78 is 0. The summed E-state index contributed by atoms with van der Waals surface area (Å²) in [6.45, 7) is 16.0. The molecule has 0 aliphatic carbocycles. The summed E-state index contributed by atoms with van der Waals surface area (Å²) in [6, 6.07) is 50.4. The molecule has 8 bridgehead atoms. The van der Waals surface area contributed by atoms with Gasteiger partial charge in [0.15, 0.2) is 0 Å². The average molecular weight is 1320 g/mol. The molecule has 8 aromatic carbocycles. The predicted molar refractivity (Wildman–Crippen MR) is 373 cm³/mol. The van der Waals surface area contributed by atoms with Gasteiger partial charge in [-0.15, -0.1) is 0 Å². The fourth-order valence-electron chi connectivity index (χ4n) is 14.8. The number of rotatable bonds is 12. The highest BCUT2D eigenvalue weighted by molar-refractivity contribution is 6.24. The fourth-order valence-corrected chi connectivity index (χ4v) is 14.8. The molecule has 0 N–H and O–H groups in total. The Bertz CT molecular complexity index is 5330. The Morgan fingerprint density at radius 1 is 0.250 bits per heavy atom. The van der Waals surface area contributed by atoms with Crippen LogP contribution in [-0.4, -0.2) is 123 Å². The molecule has 0 saturated carbocycles. The standard InChI is InChI=1S/C80H60N12O8/c1-77(2,37-89-69(93)49-17-9-10-18-50(49)70(89)94)41-25-29-45-57(33-41)65-81-61(45)86-66-59-35-43(79(5,6)39-91-73(97)53-21-13-14-22-54(53)74(91)98)27-31-47(59)63(83-66)88-68-60-36-44(80(7,8)40-92-75(99)55-23-15-16-24-56(55)76(92)100)28-32-48(60)64(84-68)87-67-58-34-42(26-30-46(58)62(82-67)85-65)78(3,4)38-90-71(95)51-19-11-12-20-52(51)72(90)96/h9-36H,37-40H2,1-8H3/q-2. The lowest BCUT2D eigenvalue weighted by atomic mass is 9.82. The largest absolute Gasteiger partial charge is 0.357 e. The van der Waals surface area contributed by atoms with Crippen molar-refractivity contribution in [2.45, 2.75) is 77.0 Å². The molecule has 0 radical (unpaired) electrons. The lowest BCUT2D eigenvalue weighted by Gasteiger charge is -2.30. The maximum atomic E-state index is 13.9. The fraction of sp³-hybridized carbons (Fsp3) is 0.200. The van der Waals surface area contributed by atoms with Crippen LogP contribution in [0.4, 0.5) is 0 Å². The van der Waals surface area contributed by atoms with Crippen LogP contribution >= 0.6 is 0 Å². The lowest BCUT2D eigenvalue weighted by molar-refractivity contribution is 0.0609. The first-order valence-corrected chi connectivity index (χ1v) is 32.9. The Balaban J connectivity index is 0.869. The number of aromatic nitrogens is 8. The molecule has 3 aromatic heterocycles. The van der Waals surface area contributed by atoms with E-state index in [2.05, 4.69) is 0 Å². The maximum Gasteiger partial charge on any atom is 0.261 e. The van der Waals surface area contributed by atoms with Gasteiger partial charge in [0.25, 0.3) is 47.3 Å². The van der Waals surface area contributed by atoms with Crippen molar-refractivity contribution in [2.24, 2.45) is 0 Å². The topological polar surface area (TPSA) is 255 Å². The SMILES string of the molecule is CC(C)(CN1C(=O)c2ccccc2C1=O)c1ccc2c(c1)-c1nc-2nc2[n-]c(nc3nc(nc4[n-]c(n1)c1ccc(C(C)(C)CN5C(=O)c6ccccc6C5=O)cc41)-c1ccc(C(C)(C)CN4C(=O)c5ccccc5C4=O)cc1-3)c1ccc(C(C)(C)CN3C(=O)c4ccccc4C3=O)cc21. The van der Waals surface area contributed by atoms with Gasteiger partial charge in [-0.05, 0) is 117 Å². The third-order valence-electron chi connectivity index (χ3n) is 20.6. The molecule has 0 saturated heterocycles. The molecule has 100 heavy (non-hydrogen) atoms. The number of carbonyl (C=O) groups is 8. The number of nitrogens with zero attached hydrogens (tertiary/aromatic N) is 12. The second-order valence-corrected chi connectivity index (χ2v) is 29.0.